The van der Waals surface area contributed by atoms with E-state index in [9.17, 15) is 4.79 Å². The van der Waals surface area contributed by atoms with Gasteiger partial charge in [-0.15, -0.1) is 0 Å². The smallest absolute Gasteiger partial charge is 0.251 e. The number of carbonyl (C=O) groups is 1. The molecule has 0 aromatic heterocycles. The minimum Gasteiger partial charge on any atom is -0.357 e. The second-order valence-corrected chi connectivity index (χ2v) is 7.85. The average Bonchev–Trinajstić information content (AvgIpc) is 3.34. The molecule has 1 unspecified atom stereocenters. The van der Waals surface area contributed by atoms with E-state index in [0.717, 1.165) is 50.7 Å². The predicted octanol–water partition coefficient (Wildman–Crippen LogP) is 2.98. The van der Waals surface area contributed by atoms with Crippen molar-refractivity contribution in [3.05, 3.63) is 71.3 Å². The van der Waals surface area contributed by atoms with Crippen LogP contribution in [0.3, 0.4) is 0 Å². The zero-order chi connectivity index (χ0) is 21.9. The van der Waals surface area contributed by atoms with Crippen molar-refractivity contribution in [2.45, 2.75) is 32.2 Å². The third kappa shape index (κ3) is 6.82. The molecule has 6 nitrogen and oxygen atoms in total. The molecular formula is C25H35N5O. The number of amides is 1. The summed E-state index contributed by atoms with van der Waals surface area (Å²) >= 11 is 0. The van der Waals surface area contributed by atoms with E-state index in [0.29, 0.717) is 11.6 Å². The summed E-state index contributed by atoms with van der Waals surface area (Å²) in [7, 11) is 1.65. The molecule has 3 rings (SSSR count). The first-order valence-corrected chi connectivity index (χ1v) is 11.3. The van der Waals surface area contributed by atoms with Crippen LogP contribution in [0, 0.1) is 0 Å². The van der Waals surface area contributed by atoms with Crippen molar-refractivity contribution in [2.24, 2.45) is 4.99 Å². The average molecular weight is 422 g/mol. The molecule has 31 heavy (non-hydrogen) atoms. The fraction of sp³-hybridized carbons (Fsp3) is 0.440. The van der Waals surface area contributed by atoms with Crippen LogP contribution in [0.2, 0.25) is 0 Å². The maximum absolute atomic E-state index is 11.8. The highest BCUT2D eigenvalue weighted by Crippen LogP contribution is 2.25. The van der Waals surface area contributed by atoms with Crippen molar-refractivity contribution < 1.29 is 4.79 Å². The van der Waals surface area contributed by atoms with Crippen LogP contribution in [0.25, 0.3) is 0 Å². The molecule has 0 bridgehead atoms. The SMILES string of the molecule is CCNC(=NCC(c1ccccc1)N1CCCC1)NCCc1cccc(C(=O)NC)c1. The van der Waals surface area contributed by atoms with Gasteiger partial charge in [0.1, 0.15) is 0 Å². The van der Waals surface area contributed by atoms with Crippen molar-refractivity contribution in [1.82, 2.24) is 20.9 Å². The van der Waals surface area contributed by atoms with Gasteiger partial charge in [-0.3, -0.25) is 14.7 Å². The number of guanidine groups is 1. The molecule has 6 heteroatoms. The standard InChI is InChI=1S/C25H35N5O/c1-3-27-25(28-15-14-20-10-9-13-22(18-20)24(31)26-2)29-19-23(30-16-7-8-17-30)21-11-5-4-6-12-21/h4-6,9-13,18,23H,3,7-8,14-17,19H2,1-2H3,(H,26,31)(H2,27,28,29). The first kappa shape index (κ1) is 22.8. The Hall–Kier alpha value is -2.86. The number of carbonyl (C=O) groups excluding carboxylic acids is 1. The number of hydrogen-bond acceptors (Lipinski definition) is 3. The Morgan fingerprint density at radius 2 is 1.84 bits per heavy atom. The largest absolute Gasteiger partial charge is 0.357 e. The van der Waals surface area contributed by atoms with Gasteiger partial charge in [-0.2, -0.15) is 0 Å². The van der Waals surface area contributed by atoms with Crippen LogP contribution in [-0.2, 0) is 6.42 Å². The molecule has 1 saturated heterocycles. The fourth-order valence-electron chi connectivity index (χ4n) is 4.02. The monoisotopic (exact) mass is 421 g/mol. The first-order valence-electron chi connectivity index (χ1n) is 11.3. The molecule has 1 heterocycles. The molecule has 2 aromatic rings. The summed E-state index contributed by atoms with van der Waals surface area (Å²) in [5, 5.41) is 9.49. The lowest BCUT2D eigenvalue weighted by atomic mass is 10.1. The molecule has 1 aliphatic heterocycles. The second-order valence-electron chi connectivity index (χ2n) is 7.85. The van der Waals surface area contributed by atoms with Crippen LogP contribution in [0.5, 0.6) is 0 Å². The van der Waals surface area contributed by atoms with Gasteiger partial charge in [-0.1, -0.05) is 42.5 Å². The number of hydrogen-bond donors (Lipinski definition) is 3. The third-order valence-electron chi connectivity index (χ3n) is 5.65. The summed E-state index contributed by atoms with van der Waals surface area (Å²) in [6.45, 7) is 6.66. The number of likely N-dealkylation sites (tertiary alicyclic amines) is 1. The molecule has 0 saturated carbocycles. The molecule has 1 amide bonds. The lowest BCUT2D eigenvalue weighted by Gasteiger charge is -2.27. The van der Waals surface area contributed by atoms with Gasteiger partial charge in [0.25, 0.3) is 5.91 Å². The van der Waals surface area contributed by atoms with Crippen LogP contribution in [-0.4, -0.2) is 56.5 Å². The van der Waals surface area contributed by atoms with Gasteiger partial charge in [0, 0.05) is 25.7 Å². The number of aliphatic imine (C=N–C) groups is 1. The van der Waals surface area contributed by atoms with E-state index in [-0.39, 0.29) is 5.91 Å². The first-order chi connectivity index (χ1) is 15.2. The van der Waals surface area contributed by atoms with Crippen LogP contribution in [0.1, 0.15) is 47.3 Å². The molecule has 0 radical (unpaired) electrons. The number of nitrogens with one attached hydrogen (secondary N) is 3. The van der Waals surface area contributed by atoms with E-state index in [1.165, 1.54) is 18.4 Å². The van der Waals surface area contributed by atoms with Gasteiger partial charge in [0.05, 0.1) is 12.6 Å². The maximum Gasteiger partial charge on any atom is 0.251 e. The quantitative estimate of drug-likeness (QED) is 0.430. The Morgan fingerprint density at radius 1 is 1.06 bits per heavy atom. The Morgan fingerprint density at radius 3 is 2.55 bits per heavy atom. The molecule has 0 aliphatic carbocycles. The summed E-state index contributed by atoms with van der Waals surface area (Å²) in [5.74, 6) is 0.781. The normalized spacial score (nSPS) is 15.5. The molecule has 2 aromatic carbocycles. The summed E-state index contributed by atoms with van der Waals surface area (Å²) in [6.07, 6.45) is 3.35. The Balaban J connectivity index is 1.61. The molecule has 1 fully saturated rings. The van der Waals surface area contributed by atoms with E-state index >= 15 is 0 Å². The van der Waals surface area contributed by atoms with Crippen molar-refractivity contribution in [1.29, 1.82) is 0 Å². The van der Waals surface area contributed by atoms with Gasteiger partial charge in [0.2, 0.25) is 0 Å². The lowest BCUT2D eigenvalue weighted by Crippen LogP contribution is -2.39. The highest BCUT2D eigenvalue weighted by Gasteiger charge is 2.23. The predicted molar refractivity (Wildman–Crippen MR) is 128 cm³/mol. The molecule has 3 N–H and O–H groups in total. The number of benzene rings is 2. The van der Waals surface area contributed by atoms with E-state index in [2.05, 4.69) is 64.2 Å². The third-order valence-corrected chi connectivity index (χ3v) is 5.65. The summed E-state index contributed by atoms with van der Waals surface area (Å²) < 4.78 is 0. The molecular weight excluding hydrogens is 386 g/mol. The summed E-state index contributed by atoms with van der Waals surface area (Å²) in [5.41, 5.74) is 3.15. The highest BCUT2D eigenvalue weighted by atomic mass is 16.1. The van der Waals surface area contributed by atoms with Crippen molar-refractivity contribution in [3.63, 3.8) is 0 Å². The Kier molecular flexibility index (Phi) is 8.91. The molecule has 0 spiro atoms. The van der Waals surface area contributed by atoms with Gasteiger partial charge in [0.15, 0.2) is 5.96 Å². The fourth-order valence-corrected chi connectivity index (χ4v) is 4.02. The number of nitrogens with zero attached hydrogens (tertiary/aromatic N) is 2. The summed E-state index contributed by atoms with van der Waals surface area (Å²) in [4.78, 5) is 19.3. The van der Waals surface area contributed by atoms with E-state index in [4.69, 9.17) is 4.99 Å². The van der Waals surface area contributed by atoms with E-state index in [1.54, 1.807) is 7.05 Å². The zero-order valence-corrected chi connectivity index (χ0v) is 18.7. The van der Waals surface area contributed by atoms with Crippen LogP contribution >= 0.6 is 0 Å². The van der Waals surface area contributed by atoms with Crippen molar-refractivity contribution >= 4 is 11.9 Å². The zero-order valence-electron chi connectivity index (χ0n) is 18.7. The molecule has 1 atom stereocenters. The molecule has 166 valence electrons. The van der Waals surface area contributed by atoms with Crippen LogP contribution in [0.4, 0.5) is 0 Å². The van der Waals surface area contributed by atoms with Gasteiger partial charge in [-0.05, 0) is 62.5 Å². The lowest BCUT2D eigenvalue weighted by molar-refractivity contribution is 0.0963. The number of rotatable bonds is 9. The Bertz CT molecular complexity index is 846. The van der Waals surface area contributed by atoms with Crippen LogP contribution < -0.4 is 16.0 Å². The van der Waals surface area contributed by atoms with E-state index in [1.807, 2.05) is 18.2 Å². The highest BCUT2D eigenvalue weighted by molar-refractivity contribution is 5.94. The summed E-state index contributed by atoms with van der Waals surface area (Å²) in [6, 6.07) is 18.8. The van der Waals surface area contributed by atoms with Crippen molar-refractivity contribution in [3.8, 4) is 0 Å². The minimum absolute atomic E-state index is 0.0569. The van der Waals surface area contributed by atoms with Crippen molar-refractivity contribution in [2.75, 3.05) is 39.8 Å². The van der Waals surface area contributed by atoms with Crippen LogP contribution in [0.15, 0.2) is 59.6 Å². The van der Waals surface area contributed by atoms with Gasteiger partial charge < -0.3 is 16.0 Å². The van der Waals surface area contributed by atoms with Gasteiger partial charge >= 0.3 is 0 Å². The second kappa shape index (κ2) is 12.1. The maximum atomic E-state index is 11.8. The van der Waals surface area contributed by atoms with Gasteiger partial charge in [-0.25, -0.2) is 0 Å². The molecule has 1 aliphatic rings. The topological polar surface area (TPSA) is 68.8 Å². The van der Waals surface area contributed by atoms with E-state index < -0.39 is 0 Å². The Labute approximate surface area is 186 Å². The minimum atomic E-state index is -0.0569.